The summed E-state index contributed by atoms with van der Waals surface area (Å²) in [5.74, 6) is 0. The van der Waals surface area contributed by atoms with Crippen LogP contribution in [0.3, 0.4) is 0 Å². The van der Waals surface area contributed by atoms with Gasteiger partial charge in [-0.3, -0.25) is 0 Å². The molecule has 1 nitrogen and oxygen atoms in total. The molecule has 0 radical (unpaired) electrons. The molecule has 0 unspecified atom stereocenters. The molecule has 1 N–H and O–H groups in total. The number of rotatable bonds is 1. The van der Waals surface area contributed by atoms with Crippen LogP contribution in [0.1, 0.15) is 19.3 Å². The molecule has 0 aromatic heterocycles. The van der Waals surface area contributed by atoms with E-state index in [0.717, 1.165) is 19.4 Å². The lowest BCUT2D eigenvalue weighted by Gasteiger charge is -2.21. The van der Waals surface area contributed by atoms with Gasteiger partial charge >= 0.3 is 0 Å². The first-order chi connectivity index (χ1) is 4.30. The van der Waals surface area contributed by atoms with Gasteiger partial charge in [-0.05, 0) is 19.4 Å². The highest BCUT2D eigenvalue weighted by Crippen LogP contribution is 2.12. The highest BCUT2D eigenvalue weighted by atomic mass is 35.5. The van der Waals surface area contributed by atoms with Gasteiger partial charge in [0, 0.05) is 0 Å². The summed E-state index contributed by atoms with van der Waals surface area (Å²) in [6.07, 6.45) is 0.452. The van der Waals surface area contributed by atoms with Gasteiger partial charge < -0.3 is 5.32 Å². The predicted molar refractivity (Wildman–Crippen MR) is 38.9 cm³/mol. The Morgan fingerprint density at radius 1 is 1.30 bits per heavy atom. The molecule has 0 spiro atoms. The zero-order valence-corrected chi connectivity index (χ0v) is 6.46. The first-order valence-electron chi connectivity index (χ1n) is 3.32. The van der Waals surface area contributed by atoms with Crippen LogP contribution < -0.4 is 5.32 Å². The maximum Gasteiger partial charge on any atom is 0.253 e. The molecule has 0 aromatic rings. The Morgan fingerprint density at radius 2 is 2.00 bits per heavy atom. The Hall–Kier alpha value is 0.110. The van der Waals surface area contributed by atoms with E-state index in [-0.39, 0.29) is 12.4 Å². The number of nitrogens with one attached hydrogen (secondary N) is 1. The topological polar surface area (TPSA) is 12.0 Å². The molecular weight excluding hydrogens is 160 g/mol. The summed E-state index contributed by atoms with van der Waals surface area (Å²) in [5, 5.41) is 2.77. The molecule has 0 saturated carbocycles. The minimum absolute atomic E-state index is 0. The van der Waals surface area contributed by atoms with E-state index in [1.165, 1.54) is 0 Å². The van der Waals surface area contributed by atoms with Crippen LogP contribution in [0.4, 0.5) is 8.78 Å². The van der Waals surface area contributed by atoms with E-state index in [2.05, 4.69) is 5.32 Å². The van der Waals surface area contributed by atoms with Gasteiger partial charge in [0.15, 0.2) is 0 Å². The standard InChI is InChI=1S/C6H11F2N.ClH/c7-6(8)5-3-1-2-4-9-5;/h5-6,9H,1-4H2;1H/t5-;/m0./s1. The minimum Gasteiger partial charge on any atom is -0.309 e. The normalized spacial score (nSPS) is 26.1. The fourth-order valence-corrected chi connectivity index (χ4v) is 1.09. The minimum atomic E-state index is -2.18. The molecule has 1 heterocycles. The van der Waals surface area contributed by atoms with E-state index >= 15 is 0 Å². The van der Waals surface area contributed by atoms with Crippen molar-refractivity contribution in [3.05, 3.63) is 0 Å². The average molecular weight is 172 g/mol. The third-order valence-electron chi connectivity index (χ3n) is 1.65. The van der Waals surface area contributed by atoms with Gasteiger partial charge in [0.05, 0.1) is 6.04 Å². The van der Waals surface area contributed by atoms with Gasteiger partial charge in [0.25, 0.3) is 6.43 Å². The van der Waals surface area contributed by atoms with Crippen LogP contribution in [0.15, 0.2) is 0 Å². The number of halogens is 3. The molecule has 0 amide bonds. The molecule has 1 aliphatic heterocycles. The van der Waals surface area contributed by atoms with Crippen molar-refractivity contribution in [3.8, 4) is 0 Å². The first kappa shape index (κ1) is 10.1. The number of piperidine rings is 1. The SMILES string of the molecule is Cl.FC(F)[C@@H]1CCCCN1. The fraction of sp³-hybridized carbons (Fsp3) is 1.00. The molecule has 1 fully saturated rings. The summed E-state index contributed by atoms with van der Waals surface area (Å²) in [6, 6.07) is -0.529. The summed E-state index contributed by atoms with van der Waals surface area (Å²) in [5.41, 5.74) is 0. The molecule has 62 valence electrons. The Morgan fingerprint density at radius 3 is 2.30 bits per heavy atom. The largest absolute Gasteiger partial charge is 0.309 e. The smallest absolute Gasteiger partial charge is 0.253 e. The highest BCUT2D eigenvalue weighted by molar-refractivity contribution is 5.85. The van der Waals surface area contributed by atoms with Crippen LogP contribution in [-0.2, 0) is 0 Å². The van der Waals surface area contributed by atoms with Crippen LogP contribution in [0, 0.1) is 0 Å². The van der Waals surface area contributed by atoms with Gasteiger partial charge in [-0.2, -0.15) is 0 Å². The van der Waals surface area contributed by atoms with E-state index in [4.69, 9.17) is 0 Å². The number of hydrogen-bond donors (Lipinski definition) is 1. The van der Waals surface area contributed by atoms with E-state index in [1.807, 2.05) is 0 Å². The second-order valence-electron chi connectivity index (χ2n) is 2.39. The van der Waals surface area contributed by atoms with Gasteiger partial charge in [0.2, 0.25) is 0 Å². The molecule has 1 saturated heterocycles. The second-order valence-corrected chi connectivity index (χ2v) is 2.39. The Balaban J connectivity index is 0.000000810. The molecule has 0 aromatic carbocycles. The van der Waals surface area contributed by atoms with Crippen molar-refractivity contribution in [3.63, 3.8) is 0 Å². The third-order valence-corrected chi connectivity index (χ3v) is 1.65. The summed E-state index contributed by atoms with van der Waals surface area (Å²) < 4.78 is 23.7. The zero-order valence-electron chi connectivity index (χ0n) is 5.65. The van der Waals surface area contributed by atoms with E-state index in [9.17, 15) is 8.78 Å². The summed E-state index contributed by atoms with van der Waals surface area (Å²) in [6.45, 7) is 0.759. The van der Waals surface area contributed by atoms with Crippen molar-refractivity contribution in [2.75, 3.05) is 6.54 Å². The van der Waals surface area contributed by atoms with Crippen molar-refractivity contribution >= 4 is 12.4 Å². The van der Waals surface area contributed by atoms with Gasteiger partial charge in [0.1, 0.15) is 0 Å². The molecule has 0 bridgehead atoms. The van der Waals surface area contributed by atoms with Gasteiger partial charge in [-0.25, -0.2) is 8.78 Å². The summed E-state index contributed by atoms with van der Waals surface area (Å²) in [7, 11) is 0. The maximum atomic E-state index is 11.9. The predicted octanol–water partition coefficient (Wildman–Crippen LogP) is 1.82. The van der Waals surface area contributed by atoms with Crippen LogP contribution in [0.2, 0.25) is 0 Å². The van der Waals surface area contributed by atoms with Gasteiger partial charge in [-0.15, -0.1) is 12.4 Å². The van der Waals surface area contributed by atoms with Crippen LogP contribution in [0.5, 0.6) is 0 Å². The van der Waals surface area contributed by atoms with Crippen molar-refractivity contribution in [1.29, 1.82) is 0 Å². The molecule has 4 heteroatoms. The van der Waals surface area contributed by atoms with E-state index in [0.29, 0.717) is 6.42 Å². The summed E-state index contributed by atoms with van der Waals surface area (Å²) in [4.78, 5) is 0. The Kier molecular flexibility index (Phi) is 4.91. The van der Waals surface area contributed by atoms with Crippen molar-refractivity contribution < 1.29 is 8.78 Å². The second kappa shape index (κ2) is 4.85. The van der Waals surface area contributed by atoms with Crippen molar-refractivity contribution in [2.45, 2.75) is 31.7 Å². The maximum absolute atomic E-state index is 11.9. The monoisotopic (exact) mass is 171 g/mol. The quantitative estimate of drug-likeness (QED) is 0.635. The van der Waals surface area contributed by atoms with Crippen molar-refractivity contribution in [1.82, 2.24) is 5.32 Å². The molecule has 0 aliphatic carbocycles. The van der Waals surface area contributed by atoms with E-state index in [1.54, 1.807) is 0 Å². The Labute approximate surface area is 65.6 Å². The molecule has 1 aliphatic rings. The van der Waals surface area contributed by atoms with E-state index < -0.39 is 12.5 Å². The van der Waals surface area contributed by atoms with Gasteiger partial charge in [-0.1, -0.05) is 6.42 Å². The Bertz CT molecular complexity index is 83.8. The average Bonchev–Trinajstić information content (AvgIpc) is 1.90. The number of hydrogen-bond acceptors (Lipinski definition) is 1. The molecular formula is C6H12ClF2N. The van der Waals surface area contributed by atoms with Crippen molar-refractivity contribution in [2.24, 2.45) is 0 Å². The van der Waals surface area contributed by atoms with Crippen LogP contribution in [-0.4, -0.2) is 19.0 Å². The third kappa shape index (κ3) is 2.80. The lowest BCUT2D eigenvalue weighted by Crippen LogP contribution is -2.39. The lowest BCUT2D eigenvalue weighted by molar-refractivity contribution is 0.0852. The molecule has 1 rings (SSSR count). The van der Waals surface area contributed by atoms with Crippen LogP contribution in [0.25, 0.3) is 0 Å². The fourth-order valence-electron chi connectivity index (χ4n) is 1.09. The highest BCUT2D eigenvalue weighted by Gasteiger charge is 2.21. The summed E-state index contributed by atoms with van der Waals surface area (Å²) >= 11 is 0. The number of alkyl halides is 2. The molecule has 1 atom stereocenters. The zero-order chi connectivity index (χ0) is 6.69. The lowest BCUT2D eigenvalue weighted by atomic mass is 10.1. The van der Waals surface area contributed by atoms with Crippen LogP contribution >= 0.6 is 12.4 Å². The molecule has 10 heavy (non-hydrogen) atoms. The first-order valence-corrected chi connectivity index (χ1v) is 3.32.